The third-order valence-corrected chi connectivity index (χ3v) is 6.00. The molecule has 3 fully saturated rings. The van der Waals surface area contributed by atoms with Gasteiger partial charge >= 0.3 is 0 Å². The van der Waals surface area contributed by atoms with Crippen LogP contribution in [0.1, 0.15) is 43.8 Å². The highest BCUT2D eigenvalue weighted by atomic mass is 16.5. The Balaban J connectivity index is 1.38. The maximum atomic E-state index is 12.3. The molecule has 1 saturated carbocycles. The maximum Gasteiger partial charge on any atom is 0.223 e. The number of β-amino-alcohol motifs (C(OH)–C–C–N with tert-alkyl or cyclic N) is 1. The van der Waals surface area contributed by atoms with Gasteiger partial charge in [-0.3, -0.25) is 9.69 Å². The van der Waals surface area contributed by atoms with Gasteiger partial charge < -0.3 is 14.7 Å². The molecule has 3 atom stereocenters. The summed E-state index contributed by atoms with van der Waals surface area (Å²) in [5.74, 6) is 1.71. The number of carbonyl (C=O) groups excluding carboxylic acids is 1. The van der Waals surface area contributed by atoms with Gasteiger partial charge in [0.1, 0.15) is 5.75 Å². The number of likely N-dealkylation sites (tertiary alicyclic amines) is 2. The van der Waals surface area contributed by atoms with Crippen molar-refractivity contribution < 1.29 is 14.6 Å². The van der Waals surface area contributed by atoms with Crippen molar-refractivity contribution >= 4 is 5.91 Å². The highest BCUT2D eigenvalue weighted by molar-refractivity contribution is 5.78. The number of benzene rings is 1. The number of hydrogen-bond donors (Lipinski definition) is 1. The van der Waals surface area contributed by atoms with Crippen molar-refractivity contribution in [1.29, 1.82) is 0 Å². The van der Waals surface area contributed by atoms with Gasteiger partial charge in [-0.2, -0.15) is 0 Å². The fraction of sp³-hybridized carbons (Fsp3) is 0.650. The van der Waals surface area contributed by atoms with E-state index >= 15 is 0 Å². The molecule has 1 N–H and O–H groups in total. The molecule has 136 valence electrons. The number of rotatable bonds is 5. The Labute approximate surface area is 149 Å². The van der Waals surface area contributed by atoms with Gasteiger partial charge in [0.15, 0.2) is 0 Å². The zero-order valence-corrected chi connectivity index (χ0v) is 14.9. The topological polar surface area (TPSA) is 53.0 Å². The Morgan fingerprint density at radius 1 is 1.28 bits per heavy atom. The first-order valence-corrected chi connectivity index (χ1v) is 9.51. The van der Waals surface area contributed by atoms with E-state index in [1.54, 1.807) is 7.11 Å². The molecule has 1 aromatic carbocycles. The largest absolute Gasteiger partial charge is 0.497 e. The molecule has 2 aliphatic heterocycles. The van der Waals surface area contributed by atoms with Crippen LogP contribution in [0.25, 0.3) is 0 Å². The minimum atomic E-state index is -0.503. The normalized spacial score (nSPS) is 28.6. The van der Waals surface area contributed by atoms with E-state index < -0.39 is 6.10 Å². The molecule has 1 amide bonds. The standard InChI is InChI=1S/C20H28N2O3/c1-25-17-4-2-3-14(11-17)19(23)13-21-10-9-18-15(12-21)5-8-20(24)22(18)16-6-7-16/h2-4,11,15-16,18-19,23H,5-10,12-13H2,1H3. The van der Waals surface area contributed by atoms with Crippen molar-refractivity contribution in [3.05, 3.63) is 29.8 Å². The Hall–Kier alpha value is -1.59. The first kappa shape index (κ1) is 16.9. The van der Waals surface area contributed by atoms with Crippen molar-refractivity contribution in [3.8, 4) is 5.75 Å². The maximum absolute atomic E-state index is 12.3. The van der Waals surface area contributed by atoms with Gasteiger partial charge in [0.05, 0.1) is 13.2 Å². The summed E-state index contributed by atoms with van der Waals surface area (Å²) >= 11 is 0. The SMILES string of the molecule is COc1cccc(C(O)CN2CCC3C(CCC(=O)N3C3CC3)C2)c1. The van der Waals surface area contributed by atoms with Gasteiger partial charge in [-0.05, 0) is 49.3 Å². The summed E-state index contributed by atoms with van der Waals surface area (Å²) < 4.78 is 5.25. The number of fused-ring (bicyclic) bond motifs is 1. The summed E-state index contributed by atoms with van der Waals surface area (Å²) in [5.41, 5.74) is 0.903. The van der Waals surface area contributed by atoms with Gasteiger partial charge in [0.2, 0.25) is 5.91 Å². The molecule has 0 radical (unpaired) electrons. The number of methoxy groups -OCH3 is 1. The van der Waals surface area contributed by atoms with E-state index in [9.17, 15) is 9.90 Å². The average molecular weight is 344 g/mol. The molecule has 5 nitrogen and oxygen atoms in total. The Bertz CT molecular complexity index is 631. The monoisotopic (exact) mass is 344 g/mol. The second-order valence-electron chi connectivity index (χ2n) is 7.74. The van der Waals surface area contributed by atoms with Gasteiger partial charge in [-0.1, -0.05) is 12.1 Å². The zero-order valence-electron chi connectivity index (χ0n) is 14.9. The number of ether oxygens (including phenoxy) is 1. The zero-order chi connectivity index (χ0) is 17.4. The lowest BCUT2D eigenvalue weighted by molar-refractivity contribution is -0.142. The molecule has 3 aliphatic rings. The molecule has 2 saturated heterocycles. The lowest BCUT2D eigenvalue weighted by Gasteiger charge is -2.47. The van der Waals surface area contributed by atoms with E-state index in [-0.39, 0.29) is 0 Å². The fourth-order valence-corrected chi connectivity index (χ4v) is 4.56. The fourth-order valence-electron chi connectivity index (χ4n) is 4.56. The summed E-state index contributed by atoms with van der Waals surface area (Å²) in [7, 11) is 1.65. The number of carbonyl (C=O) groups is 1. The quantitative estimate of drug-likeness (QED) is 0.890. The molecule has 5 heteroatoms. The van der Waals surface area contributed by atoms with E-state index in [1.165, 1.54) is 12.8 Å². The highest BCUT2D eigenvalue weighted by Crippen LogP contribution is 2.39. The number of nitrogens with zero attached hydrogens (tertiary/aromatic N) is 2. The lowest BCUT2D eigenvalue weighted by Crippen LogP contribution is -2.57. The van der Waals surface area contributed by atoms with Crippen molar-refractivity contribution in [2.45, 2.75) is 50.3 Å². The number of aliphatic hydroxyl groups is 1. The smallest absolute Gasteiger partial charge is 0.223 e. The van der Waals surface area contributed by atoms with E-state index in [4.69, 9.17) is 4.74 Å². The van der Waals surface area contributed by atoms with Gasteiger partial charge in [-0.15, -0.1) is 0 Å². The molecule has 1 aromatic rings. The molecule has 1 aliphatic carbocycles. The molecular formula is C20H28N2O3. The summed E-state index contributed by atoms with van der Waals surface area (Å²) in [6.45, 7) is 2.59. The van der Waals surface area contributed by atoms with Crippen molar-refractivity contribution in [2.75, 3.05) is 26.7 Å². The lowest BCUT2D eigenvalue weighted by atomic mass is 9.83. The number of hydrogen-bond acceptors (Lipinski definition) is 4. The molecule has 0 spiro atoms. The van der Waals surface area contributed by atoms with Crippen LogP contribution in [0.15, 0.2) is 24.3 Å². The first-order chi connectivity index (χ1) is 12.2. The minimum absolute atomic E-state index is 0.369. The van der Waals surface area contributed by atoms with Crippen LogP contribution in [0.3, 0.4) is 0 Å². The van der Waals surface area contributed by atoms with Crippen LogP contribution in [0, 0.1) is 5.92 Å². The summed E-state index contributed by atoms with van der Waals surface area (Å²) in [6.07, 6.45) is 4.61. The first-order valence-electron chi connectivity index (χ1n) is 9.51. The molecule has 25 heavy (non-hydrogen) atoms. The molecule has 2 heterocycles. The van der Waals surface area contributed by atoms with Crippen molar-refractivity contribution in [3.63, 3.8) is 0 Å². The predicted octanol–water partition coefficient (Wildman–Crippen LogP) is 2.20. The number of piperidine rings is 2. The summed E-state index contributed by atoms with van der Waals surface area (Å²) in [6, 6.07) is 8.63. The molecular weight excluding hydrogens is 316 g/mol. The van der Waals surface area contributed by atoms with Crippen molar-refractivity contribution in [1.82, 2.24) is 9.80 Å². The van der Waals surface area contributed by atoms with Crippen molar-refractivity contribution in [2.24, 2.45) is 5.92 Å². The molecule has 0 aromatic heterocycles. The van der Waals surface area contributed by atoms with Gasteiger partial charge in [0, 0.05) is 38.1 Å². The Kier molecular flexibility index (Phi) is 4.69. The van der Waals surface area contributed by atoms with Crippen LogP contribution in [-0.2, 0) is 4.79 Å². The van der Waals surface area contributed by atoms with Crippen LogP contribution < -0.4 is 4.74 Å². The van der Waals surface area contributed by atoms with E-state index in [1.807, 2.05) is 24.3 Å². The molecule has 0 bridgehead atoms. The van der Waals surface area contributed by atoms with E-state index in [0.29, 0.717) is 36.9 Å². The van der Waals surface area contributed by atoms with Crippen LogP contribution in [0.4, 0.5) is 0 Å². The Morgan fingerprint density at radius 3 is 2.88 bits per heavy atom. The van der Waals surface area contributed by atoms with Crippen LogP contribution in [-0.4, -0.2) is 59.6 Å². The van der Waals surface area contributed by atoms with Gasteiger partial charge in [-0.25, -0.2) is 0 Å². The second-order valence-corrected chi connectivity index (χ2v) is 7.74. The van der Waals surface area contributed by atoms with Crippen LogP contribution in [0.2, 0.25) is 0 Å². The number of aliphatic hydroxyl groups excluding tert-OH is 1. The van der Waals surface area contributed by atoms with E-state index in [0.717, 1.165) is 37.2 Å². The third kappa shape index (κ3) is 3.53. The third-order valence-electron chi connectivity index (χ3n) is 6.00. The van der Waals surface area contributed by atoms with Crippen LogP contribution in [0.5, 0.6) is 5.75 Å². The predicted molar refractivity (Wildman–Crippen MR) is 95.4 cm³/mol. The number of amides is 1. The Morgan fingerprint density at radius 2 is 2.12 bits per heavy atom. The summed E-state index contributed by atoms with van der Waals surface area (Å²) in [4.78, 5) is 16.9. The van der Waals surface area contributed by atoms with E-state index in [2.05, 4.69) is 9.80 Å². The minimum Gasteiger partial charge on any atom is -0.497 e. The highest BCUT2D eigenvalue weighted by Gasteiger charge is 2.45. The van der Waals surface area contributed by atoms with Crippen LogP contribution >= 0.6 is 0 Å². The molecule has 4 rings (SSSR count). The average Bonchev–Trinajstić information content (AvgIpc) is 3.46. The summed E-state index contributed by atoms with van der Waals surface area (Å²) in [5, 5.41) is 10.6. The van der Waals surface area contributed by atoms with Gasteiger partial charge in [0.25, 0.3) is 0 Å². The second kappa shape index (κ2) is 6.96. The molecule has 3 unspecified atom stereocenters.